The van der Waals surface area contributed by atoms with Crippen LogP contribution < -0.4 is 16.4 Å². The van der Waals surface area contributed by atoms with Gasteiger partial charge in [0.15, 0.2) is 27.3 Å². The molecule has 10 aromatic rings. The Morgan fingerprint density at radius 3 is 0.855 bits per heavy atom. The highest BCUT2D eigenvalue weighted by Gasteiger charge is 2.56. The topological polar surface area (TPSA) is 273 Å². The third kappa shape index (κ3) is 9.66. The zero-order valence-electron chi connectivity index (χ0n) is 44.0. The number of hydrogen-bond donors (Lipinski definition) is 4. The van der Waals surface area contributed by atoms with Crippen molar-refractivity contribution in [2.45, 2.75) is 117 Å². The highest BCUT2D eigenvalue weighted by molar-refractivity contribution is 9.10. The minimum absolute atomic E-state index is 0.442. The van der Waals surface area contributed by atoms with Gasteiger partial charge in [-0.15, -0.1) is 0 Å². The number of aromatic nitrogens is 16. The number of H-pyrrole nitrogens is 4. The molecule has 0 unspecified atom stereocenters. The Morgan fingerprint density at radius 2 is 0.605 bits per heavy atom. The van der Waals surface area contributed by atoms with Gasteiger partial charge in [-0.25, -0.2) is 59.8 Å². The maximum atomic E-state index is 6.36. The monoisotopic (exact) mass is 1090 g/mol. The number of nitrogens with zero attached hydrogens (tertiary/aromatic N) is 12. The summed E-state index contributed by atoms with van der Waals surface area (Å²) >= 11 is 3.19. The van der Waals surface area contributed by atoms with Crippen LogP contribution in [0.2, 0.25) is 0 Å². The molecule has 4 N–H and O–H groups in total. The molecule has 386 valence electrons. The summed E-state index contributed by atoms with van der Waals surface area (Å²) in [5.41, 5.74) is 8.06. The molecule has 0 amide bonds. The van der Waals surface area contributed by atoms with Gasteiger partial charge < -0.3 is 47.9 Å². The fourth-order valence-corrected chi connectivity index (χ4v) is 8.90. The minimum atomic E-state index is -0.515. The molecular weight excluding hydrogens is 1030 g/mol. The fraction of sp³-hybridized carbons (Fsp3) is 0.360. The van der Waals surface area contributed by atoms with E-state index in [0.29, 0.717) is 44.8 Å². The van der Waals surface area contributed by atoms with Crippen molar-refractivity contribution in [2.75, 3.05) is 0 Å². The number of aromatic amines is 4. The van der Waals surface area contributed by atoms with Gasteiger partial charge in [-0.05, 0) is 134 Å². The van der Waals surface area contributed by atoms with E-state index < -0.39 is 55.0 Å². The molecule has 76 heavy (non-hydrogen) atoms. The van der Waals surface area contributed by atoms with E-state index in [9.17, 15) is 0 Å². The van der Waals surface area contributed by atoms with E-state index in [1.807, 2.05) is 18.2 Å². The van der Waals surface area contributed by atoms with Crippen molar-refractivity contribution in [2.24, 2.45) is 0 Å². The van der Waals surface area contributed by atoms with Crippen molar-refractivity contribution in [3.63, 3.8) is 0 Å². The largest absolute Gasteiger partial charge is 0.494 e. The van der Waals surface area contributed by atoms with E-state index in [1.165, 1.54) is 25.3 Å². The van der Waals surface area contributed by atoms with Crippen molar-refractivity contribution in [1.82, 2.24) is 79.7 Å². The Kier molecular flexibility index (Phi) is 12.6. The lowest BCUT2D eigenvalue weighted by Gasteiger charge is -2.32. The predicted octanol–water partition coefficient (Wildman–Crippen LogP) is 6.39. The molecule has 0 bridgehead atoms. The molecule has 0 radical (unpaired) electrons. The van der Waals surface area contributed by atoms with Crippen molar-refractivity contribution in [1.29, 1.82) is 0 Å². The maximum Gasteiger partial charge on any atom is 0.494 e. The number of hydrogen-bond acceptors (Lipinski definition) is 18. The standard InChI is InChI=1S/C24H39B3O6.C21H12N12.C5H3BrN4/c1-19(2)20(3,4)29-25(28-19)16-13-17(26-30-21(5,6)22(7,8)31-26)15-18(14-16)27-32-23(9,10)24(11,12)33-27;1-10(16-28-13-4-22-7-25-19(13)31-16)2-12(18-30-15-6-24-9-27-21(15)33-18)3-11(1)17-29-14-5-23-8-26-20(14)32-17;6-5-9-3-1-7-2-8-4(3)10-5/h13-15H,1-12H3;1-9H,(H,22,25,28,31)(H,23,26,29,32)(H,24,27,30,33);1-2H,(H,7,8,9,10). The summed E-state index contributed by atoms with van der Waals surface area (Å²) in [5.74, 6) is 1.96. The zero-order valence-corrected chi connectivity index (χ0v) is 45.6. The van der Waals surface area contributed by atoms with E-state index in [-0.39, 0.29) is 0 Å². The molecule has 22 nitrogen and oxygen atoms in total. The van der Waals surface area contributed by atoms with Gasteiger partial charge in [-0.1, -0.05) is 18.2 Å². The molecule has 26 heteroatoms. The average molecular weight is 1090 g/mol. The summed E-state index contributed by atoms with van der Waals surface area (Å²) in [5, 5.41) is 0. The van der Waals surface area contributed by atoms with Crippen LogP contribution in [0.15, 0.2) is 91.2 Å². The number of halogens is 1. The molecule has 13 rings (SSSR count). The lowest BCUT2D eigenvalue weighted by molar-refractivity contribution is 0.00578. The number of rotatable bonds is 6. The van der Waals surface area contributed by atoms with Crippen molar-refractivity contribution in [3.8, 4) is 34.2 Å². The predicted molar refractivity (Wildman–Crippen MR) is 291 cm³/mol. The second kappa shape index (κ2) is 18.7. The summed E-state index contributed by atoms with van der Waals surface area (Å²) in [4.78, 5) is 63.3. The summed E-state index contributed by atoms with van der Waals surface area (Å²) in [7, 11) is -1.55. The van der Waals surface area contributed by atoms with Crippen molar-refractivity contribution in [3.05, 3.63) is 91.2 Å². The second-order valence-electron chi connectivity index (χ2n) is 21.8. The first-order chi connectivity index (χ1) is 35.9. The Morgan fingerprint density at radius 1 is 0.355 bits per heavy atom. The van der Waals surface area contributed by atoms with Crippen LogP contribution in [0.25, 0.3) is 78.8 Å². The lowest BCUT2D eigenvalue weighted by atomic mass is 9.66. The van der Waals surface area contributed by atoms with Gasteiger partial charge in [0.25, 0.3) is 0 Å². The van der Waals surface area contributed by atoms with E-state index >= 15 is 0 Å². The summed E-state index contributed by atoms with van der Waals surface area (Å²) in [6.45, 7) is 24.7. The molecule has 3 aliphatic rings. The van der Waals surface area contributed by atoms with Crippen LogP contribution >= 0.6 is 15.9 Å². The zero-order chi connectivity index (χ0) is 53.6. The van der Waals surface area contributed by atoms with Gasteiger partial charge in [0, 0.05) is 16.7 Å². The van der Waals surface area contributed by atoms with Crippen LogP contribution in [0.1, 0.15) is 83.1 Å². The molecular formula is C50H54B3BrN16O6. The third-order valence-corrected chi connectivity index (χ3v) is 15.3. The molecule has 0 spiro atoms. The van der Waals surface area contributed by atoms with Crippen LogP contribution in [-0.2, 0) is 27.9 Å². The van der Waals surface area contributed by atoms with E-state index in [0.717, 1.165) is 55.1 Å². The summed E-state index contributed by atoms with van der Waals surface area (Å²) < 4.78 is 38.9. The van der Waals surface area contributed by atoms with E-state index in [4.69, 9.17) is 27.9 Å². The highest BCUT2D eigenvalue weighted by Crippen LogP contribution is 2.40. The Labute approximate surface area is 446 Å². The van der Waals surface area contributed by atoms with Gasteiger partial charge >= 0.3 is 21.4 Å². The minimum Gasteiger partial charge on any atom is -0.399 e. The second-order valence-corrected chi connectivity index (χ2v) is 22.6. The van der Waals surface area contributed by atoms with Gasteiger partial charge in [0.05, 0.1) is 58.4 Å². The Balaban J connectivity index is 0.000000137. The number of nitrogens with one attached hydrogen (secondary N) is 4. The molecule has 3 saturated heterocycles. The first kappa shape index (κ1) is 51.2. The molecule has 0 aliphatic carbocycles. The highest BCUT2D eigenvalue weighted by atomic mass is 79.9. The average Bonchev–Trinajstić information content (AvgIpc) is 4.25. The van der Waals surface area contributed by atoms with Crippen LogP contribution in [0.5, 0.6) is 0 Å². The molecule has 8 aromatic heterocycles. The lowest BCUT2D eigenvalue weighted by Crippen LogP contribution is -2.47. The van der Waals surface area contributed by atoms with Crippen molar-refractivity contribution >= 4 is 98.3 Å². The maximum absolute atomic E-state index is 6.36. The SMILES string of the molecule is Brc1nc2ncncc2[nH]1.CC1(C)OB(c2cc(B3OC(C)(C)C(C)(C)O3)cc(B3OC(C)(C)C(C)(C)O3)c2)OC1(C)C.c1ncc2[nH]c(-c3cc(-c4nc5ncncc5[nH]4)cc(-c4nc5ncncc5[nH]4)c3)nc2n1. The normalized spacial score (nSPS) is 18.8. The van der Waals surface area contributed by atoms with Crippen LogP contribution in [0.4, 0.5) is 0 Å². The smallest absolute Gasteiger partial charge is 0.399 e. The number of imidazole rings is 4. The molecule has 2 aromatic carbocycles. The first-order valence-electron chi connectivity index (χ1n) is 24.6. The molecule has 3 aliphatic heterocycles. The number of fused-ring (bicyclic) bond motifs is 4. The summed E-state index contributed by atoms with van der Waals surface area (Å²) in [6, 6.07) is 12.1. The van der Waals surface area contributed by atoms with Crippen LogP contribution in [-0.4, -0.2) is 135 Å². The Bertz CT molecular complexity index is 3270. The quantitative estimate of drug-likeness (QED) is 0.104. The third-order valence-electron chi connectivity index (χ3n) is 14.9. The Hall–Kier alpha value is -6.93. The van der Waals surface area contributed by atoms with Gasteiger partial charge in [0.1, 0.15) is 64.8 Å². The fourth-order valence-electron chi connectivity index (χ4n) is 8.51. The first-order valence-corrected chi connectivity index (χ1v) is 25.4. The van der Waals surface area contributed by atoms with E-state index in [2.05, 4.69) is 197 Å². The molecule has 0 atom stereocenters. The van der Waals surface area contributed by atoms with Crippen molar-refractivity contribution < 1.29 is 27.9 Å². The molecule has 11 heterocycles. The van der Waals surface area contributed by atoms with Gasteiger partial charge in [-0.3, -0.25) is 0 Å². The number of benzene rings is 2. The van der Waals surface area contributed by atoms with Gasteiger partial charge in [0.2, 0.25) is 0 Å². The molecule has 3 fully saturated rings. The summed E-state index contributed by atoms with van der Waals surface area (Å²) in [6.07, 6.45) is 12.6. The van der Waals surface area contributed by atoms with E-state index in [1.54, 1.807) is 24.8 Å². The van der Waals surface area contributed by atoms with Crippen LogP contribution in [0.3, 0.4) is 0 Å². The van der Waals surface area contributed by atoms with Crippen LogP contribution in [0, 0.1) is 0 Å². The molecule has 0 saturated carbocycles. The van der Waals surface area contributed by atoms with Gasteiger partial charge in [-0.2, -0.15) is 0 Å².